The number of aromatic amines is 2. The summed E-state index contributed by atoms with van der Waals surface area (Å²) in [7, 11) is 0. The number of aryl methyl sites for hydroxylation is 2. The molecule has 0 atom stereocenters. The monoisotopic (exact) mass is 504 g/mol. The van der Waals surface area contributed by atoms with Gasteiger partial charge in [0.25, 0.3) is 0 Å². The van der Waals surface area contributed by atoms with E-state index >= 15 is 0 Å². The smallest absolute Gasteiger partial charge is 0.211 e. The molecule has 0 saturated carbocycles. The van der Waals surface area contributed by atoms with E-state index in [0.717, 1.165) is 22.5 Å². The molecule has 0 fully saturated rings. The summed E-state index contributed by atoms with van der Waals surface area (Å²) in [6.07, 6.45) is 7.89. The van der Waals surface area contributed by atoms with Crippen LogP contribution >= 0.6 is 0 Å². The van der Waals surface area contributed by atoms with Gasteiger partial charge in [0.15, 0.2) is 36.4 Å². The Morgan fingerprint density at radius 1 is 0.579 bits per heavy atom. The van der Waals surface area contributed by atoms with Crippen molar-refractivity contribution in [3.05, 3.63) is 97.1 Å². The predicted octanol–water partition coefficient (Wildman–Crippen LogP) is 3.51. The highest BCUT2D eigenvalue weighted by Crippen LogP contribution is 2.29. The van der Waals surface area contributed by atoms with Gasteiger partial charge in [0, 0.05) is 48.5 Å². The van der Waals surface area contributed by atoms with Gasteiger partial charge in [0.1, 0.15) is 23.1 Å². The van der Waals surface area contributed by atoms with E-state index in [0.29, 0.717) is 34.4 Å². The standard InChI is InChI=1S/C28H22N8O2/c1-17-29-27(33-31-17)23-15-21(3-5-25(23)37)35-11-7-19(8-12-35)20-9-13-36(14-10-20)22-4-6-26(38)24(16-22)28-30-18(2)32-34-28/h3-16H,1-2H3,(H2,29,30,31,32,33,34,37,38)/p+2. The van der Waals surface area contributed by atoms with E-state index < -0.39 is 0 Å². The lowest BCUT2D eigenvalue weighted by atomic mass is 10.1. The first-order valence-electron chi connectivity index (χ1n) is 11.9. The zero-order valence-electron chi connectivity index (χ0n) is 20.7. The van der Waals surface area contributed by atoms with Crippen molar-refractivity contribution < 1.29 is 19.3 Å². The van der Waals surface area contributed by atoms with Crippen LogP contribution in [0, 0.1) is 13.8 Å². The number of nitrogens with zero attached hydrogens (tertiary/aromatic N) is 6. The zero-order chi connectivity index (χ0) is 26.2. The van der Waals surface area contributed by atoms with Gasteiger partial charge in [-0.15, -0.1) is 0 Å². The number of pyridine rings is 2. The highest BCUT2D eigenvalue weighted by molar-refractivity contribution is 5.67. The van der Waals surface area contributed by atoms with Crippen LogP contribution in [0.1, 0.15) is 11.6 Å². The maximum absolute atomic E-state index is 10.3. The first-order chi connectivity index (χ1) is 18.4. The van der Waals surface area contributed by atoms with E-state index in [-0.39, 0.29) is 11.5 Å². The Kier molecular flexibility index (Phi) is 5.61. The molecule has 6 rings (SSSR count). The number of H-pyrrole nitrogens is 2. The van der Waals surface area contributed by atoms with Crippen LogP contribution in [0.5, 0.6) is 11.5 Å². The topological polar surface area (TPSA) is 131 Å². The summed E-state index contributed by atoms with van der Waals surface area (Å²) in [5.74, 6) is 2.52. The van der Waals surface area contributed by atoms with Gasteiger partial charge in [-0.25, -0.2) is 9.97 Å². The van der Waals surface area contributed by atoms with Crippen molar-refractivity contribution in [2.24, 2.45) is 0 Å². The van der Waals surface area contributed by atoms with Gasteiger partial charge in [-0.3, -0.25) is 10.2 Å². The first-order valence-corrected chi connectivity index (χ1v) is 11.9. The van der Waals surface area contributed by atoms with Crippen LogP contribution in [0.3, 0.4) is 0 Å². The Balaban J connectivity index is 1.25. The SMILES string of the molecule is Cc1nc(-c2cc(-[n+]3ccc(-c4cc[n+](-c5ccc(O)c(-c6n[nH]c(C)n6)c5)cc4)cc3)ccc2O)n[nH]1. The molecule has 0 radical (unpaired) electrons. The summed E-state index contributed by atoms with van der Waals surface area (Å²) in [5, 5.41) is 34.6. The van der Waals surface area contributed by atoms with Crippen LogP contribution in [0.15, 0.2) is 85.5 Å². The molecule has 10 heteroatoms. The normalized spacial score (nSPS) is 11.1. The summed E-state index contributed by atoms with van der Waals surface area (Å²) < 4.78 is 3.94. The number of aromatic hydroxyl groups is 2. The van der Waals surface area contributed by atoms with Crippen LogP contribution in [0.25, 0.3) is 45.3 Å². The molecule has 4 N–H and O–H groups in total. The molecule has 0 bridgehead atoms. The molecule has 0 unspecified atom stereocenters. The van der Waals surface area contributed by atoms with E-state index in [1.54, 1.807) is 12.1 Å². The molecule has 4 aromatic heterocycles. The summed E-state index contributed by atoms with van der Waals surface area (Å²) in [4.78, 5) is 8.65. The molecular weight excluding hydrogens is 480 g/mol. The van der Waals surface area contributed by atoms with E-state index in [1.807, 2.05) is 96.3 Å². The fourth-order valence-corrected chi connectivity index (χ4v) is 4.24. The third kappa shape index (κ3) is 4.35. The lowest BCUT2D eigenvalue weighted by Gasteiger charge is -2.04. The van der Waals surface area contributed by atoms with Crippen LogP contribution in [-0.4, -0.2) is 40.6 Å². The Bertz CT molecular complexity index is 1620. The van der Waals surface area contributed by atoms with Gasteiger partial charge < -0.3 is 10.2 Å². The number of hydrogen-bond acceptors (Lipinski definition) is 6. The number of hydrogen-bond donors (Lipinski definition) is 4. The molecule has 10 nitrogen and oxygen atoms in total. The Hall–Kier alpha value is -5.38. The maximum Gasteiger partial charge on any atom is 0.211 e. The van der Waals surface area contributed by atoms with Gasteiger partial charge in [-0.05, 0) is 37.1 Å². The number of phenols is 2. The van der Waals surface area contributed by atoms with Crippen molar-refractivity contribution in [3.8, 4) is 56.8 Å². The third-order valence-corrected chi connectivity index (χ3v) is 6.22. The average Bonchev–Trinajstić information content (AvgIpc) is 3.57. The maximum atomic E-state index is 10.3. The molecule has 6 aromatic rings. The van der Waals surface area contributed by atoms with E-state index in [9.17, 15) is 10.2 Å². The number of aromatic nitrogens is 8. The number of phenolic OH excluding ortho intramolecular Hbond substituents is 2. The fraction of sp³-hybridized carbons (Fsp3) is 0.0714. The fourth-order valence-electron chi connectivity index (χ4n) is 4.24. The summed E-state index contributed by atoms with van der Waals surface area (Å²) in [6, 6.07) is 18.8. The lowest BCUT2D eigenvalue weighted by molar-refractivity contribution is -0.596. The molecule has 38 heavy (non-hydrogen) atoms. The molecule has 0 amide bonds. The Morgan fingerprint density at radius 2 is 0.974 bits per heavy atom. The molecule has 0 aliphatic heterocycles. The molecule has 0 spiro atoms. The zero-order valence-corrected chi connectivity index (χ0v) is 20.7. The average molecular weight is 505 g/mol. The minimum absolute atomic E-state index is 0.124. The van der Waals surface area contributed by atoms with Crippen LogP contribution < -0.4 is 9.13 Å². The minimum Gasteiger partial charge on any atom is -0.507 e. The van der Waals surface area contributed by atoms with E-state index in [2.05, 4.69) is 30.4 Å². The van der Waals surface area contributed by atoms with Crippen molar-refractivity contribution in [1.82, 2.24) is 30.4 Å². The van der Waals surface area contributed by atoms with E-state index in [1.165, 1.54) is 0 Å². The van der Waals surface area contributed by atoms with Gasteiger partial charge in [-0.2, -0.15) is 19.3 Å². The number of rotatable bonds is 5. The van der Waals surface area contributed by atoms with Crippen LogP contribution in [-0.2, 0) is 0 Å². The molecule has 4 heterocycles. The number of nitrogens with one attached hydrogen (secondary N) is 2. The van der Waals surface area contributed by atoms with Gasteiger partial charge >= 0.3 is 0 Å². The highest BCUT2D eigenvalue weighted by atomic mass is 16.3. The second-order valence-corrected chi connectivity index (χ2v) is 8.88. The minimum atomic E-state index is 0.124. The summed E-state index contributed by atoms with van der Waals surface area (Å²) >= 11 is 0. The molecule has 2 aromatic carbocycles. The lowest BCUT2D eigenvalue weighted by Crippen LogP contribution is -2.29. The van der Waals surface area contributed by atoms with Crippen LogP contribution in [0.4, 0.5) is 0 Å². The second-order valence-electron chi connectivity index (χ2n) is 8.88. The van der Waals surface area contributed by atoms with Crippen molar-refractivity contribution in [2.75, 3.05) is 0 Å². The molecule has 186 valence electrons. The van der Waals surface area contributed by atoms with Crippen molar-refractivity contribution in [2.45, 2.75) is 13.8 Å². The summed E-state index contributed by atoms with van der Waals surface area (Å²) in [5.41, 5.74) is 4.99. The van der Waals surface area contributed by atoms with Crippen molar-refractivity contribution in [1.29, 1.82) is 0 Å². The summed E-state index contributed by atoms with van der Waals surface area (Å²) in [6.45, 7) is 3.63. The molecular formula is C28H24N8O2+2. The molecule has 0 aliphatic rings. The molecule has 0 saturated heterocycles. The first kappa shape index (κ1) is 23.0. The largest absolute Gasteiger partial charge is 0.507 e. The highest BCUT2D eigenvalue weighted by Gasteiger charge is 2.17. The van der Waals surface area contributed by atoms with Gasteiger partial charge in [-0.1, -0.05) is 0 Å². The van der Waals surface area contributed by atoms with Gasteiger partial charge in [0.05, 0.1) is 11.1 Å². The van der Waals surface area contributed by atoms with Crippen molar-refractivity contribution in [3.63, 3.8) is 0 Å². The number of benzene rings is 2. The Labute approximate surface area is 217 Å². The quantitative estimate of drug-likeness (QED) is 0.266. The molecule has 0 aliphatic carbocycles. The Morgan fingerprint density at radius 3 is 1.32 bits per heavy atom. The van der Waals surface area contributed by atoms with Crippen LogP contribution in [0.2, 0.25) is 0 Å². The van der Waals surface area contributed by atoms with Gasteiger partial charge in [0.2, 0.25) is 11.4 Å². The van der Waals surface area contributed by atoms with Crippen molar-refractivity contribution >= 4 is 0 Å². The third-order valence-electron chi connectivity index (χ3n) is 6.22. The predicted molar refractivity (Wildman–Crippen MR) is 138 cm³/mol. The van der Waals surface area contributed by atoms with E-state index in [4.69, 9.17) is 0 Å². The second kappa shape index (κ2) is 9.25.